The van der Waals surface area contributed by atoms with Crippen LogP contribution in [-0.4, -0.2) is 64.3 Å². The molecule has 7 nitrogen and oxygen atoms in total. The number of aryl methyl sites for hydroxylation is 1. The quantitative estimate of drug-likeness (QED) is 0.377. The van der Waals surface area contributed by atoms with Crippen LogP contribution in [0.3, 0.4) is 0 Å². The SMILES string of the molecule is Cc1cc2c(O[C@@H](C)C3CCCN3C)nc3c(P)c(N4CCc5ccccc54)ncc3c2n1C1C2CNC1C2. The Morgan fingerprint density at radius 2 is 2.05 bits per heavy atom. The molecule has 1 aromatic carbocycles. The molecule has 39 heavy (non-hydrogen) atoms. The Morgan fingerprint density at radius 1 is 1.18 bits per heavy atom. The molecule has 8 heteroatoms. The zero-order chi connectivity index (χ0) is 26.4. The zero-order valence-electron chi connectivity index (χ0n) is 23.0. The number of hydrogen-bond donors (Lipinski definition) is 1. The first-order valence-corrected chi connectivity index (χ1v) is 15.1. The Bertz CT molecular complexity index is 1600. The van der Waals surface area contributed by atoms with Crippen LogP contribution >= 0.6 is 9.24 Å². The summed E-state index contributed by atoms with van der Waals surface area (Å²) >= 11 is 0. The summed E-state index contributed by atoms with van der Waals surface area (Å²) < 4.78 is 9.39. The van der Waals surface area contributed by atoms with Gasteiger partial charge in [0.15, 0.2) is 0 Å². The number of nitrogens with one attached hydrogen (secondary N) is 1. The van der Waals surface area contributed by atoms with Crippen molar-refractivity contribution in [2.75, 3.05) is 31.6 Å². The number of likely N-dealkylation sites (N-methyl/N-ethyl adjacent to an activating group) is 1. The second-order valence-electron chi connectivity index (χ2n) is 12.1. The highest BCUT2D eigenvalue weighted by Gasteiger charge is 2.48. The van der Waals surface area contributed by atoms with E-state index in [1.807, 2.05) is 0 Å². The molecule has 5 aliphatic rings. The second-order valence-corrected chi connectivity index (χ2v) is 12.7. The number of ether oxygens (including phenoxy) is 1. The molecule has 9 rings (SSSR count). The molecule has 202 valence electrons. The summed E-state index contributed by atoms with van der Waals surface area (Å²) in [6.07, 6.45) is 6.83. The number of para-hydroxylation sites is 1. The topological polar surface area (TPSA) is 58.5 Å². The van der Waals surface area contributed by atoms with Gasteiger partial charge in [-0.25, -0.2) is 9.97 Å². The summed E-state index contributed by atoms with van der Waals surface area (Å²) in [5, 5.41) is 7.00. The van der Waals surface area contributed by atoms with Crippen molar-refractivity contribution in [3.05, 3.63) is 47.8 Å². The molecule has 1 aliphatic carbocycles. The van der Waals surface area contributed by atoms with E-state index in [-0.39, 0.29) is 6.10 Å². The maximum absolute atomic E-state index is 6.81. The van der Waals surface area contributed by atoms with E-state index in [4.69, 9.17) is 14.7 Å². The fourth-order valence-corrected chi connectivity index (χ4v) is 8.37. The predicted molar refractivity (Wildman–Crippen MR) is 161 cm³/mol. The summed E-state index contributed by atoms with van der Waals surface area (Å²) in [6, 6.07) is 12.4. The van der Waals surface area contributed by atoms with Gasteiger partial charge in [0.1, 0.15) is 11.9 Å². The van der Waals surface area contributed by atoms with Crippen LogP contribution in [-0.2, 0) is 6.42 Å². The standard InChI is InChI=1S/C31H37N6OP/c1-17-13-21-28(37(17)27-20-14-23(27)32-15-20)22-16-33-30(36-12-10-19-7-4-5-8-25(19)36)29(39)26(22)34-31(21)38-18(2)24-9-6-11-35(24)3/h4-5,7-8,13,16,18,20,23-24,27,32H,6,9-12,14-15,39H2,1-3H3/t18-,20?,23?,24?,27?/m0/s1. The fourth-order valence-electron chi connectivity index (χ4n) is 7.92. The van der Waals surface area contributed by atoms with Gasteiger partial charge in [-0.1, -0.05) is 27.4 Å². The molecule has 7 heterocycles. The molecule has 4 aliphatic heterocycles. The lowest BCUT2D eigenvalue weighted by molar-refractivity contribution is 0.119. The largest absolute Gasteiger partial charge is 0.472 e. The Kier molecular flexibility index (Phi) is 5.49. The monoisotopic (exact) mass is 540 g/mol. The Hall–Kier alpha value is -2.73. The van der Waals surface area contributed by atoms with E-state index in [0.717, 1.165) is 59.3 Å². The van der Waals surface area contributed by atoms with E-state index in [0.29, 0.717) is 24.0 Å². The minimum Gasteiger partial charge on any atom is -0.472 e. The van der Waals surface area contributed by atoms with Gasteiger partial charge in [-0.15, -0.1) is 0 Å². The highest BCUT2D eigenvalue weighted by atomic mass is 31.0. The molecule has 3 saturated heterocycles. The van der Waals surface area contributed by atoms with Gasteiger partial charge in [0, 0.05) is 53.4 Å². The highest BCUT2D eigenvalue weighted by Crippen LogP contribution is 2.48. The number of aromatic nitrogens is 3. The molecule has 4 aromatic rings. The van der Waals surface area contributed by atoms with Gasteiger partial charge in [-0.2, -0.15) is 0 Å². The molecule has 6 atom stereocenters. The van der Waals surface area contributed by atoms with Crippen molar-refractivity contribution in [3.63, 3.8) is 0 Å². The molecule has 2 bridgehead atoms. The van der Waals surface area contributed by atoms with Gasteiger partial charge in [0.2, 0.25) is 5.88 Å². The number of pyridine rings is 2. The van der Waals surface area contributed by atoms with Gasteiger partial charge in [-0.05, 0) is 76.7 Å². The summed E-state index contributed by atoms with van der Waals surface area (Å²) in [6.45, 7) is 7.63. The smallest absolute Gasteiger partial charge is 0.223 e. The summed E-state index contributed by atoms with van der Waals surface area (Å²) in [7, 11) is 5.21. The molecule has 0 spiro atoms. The Labute approximate surface area is 232 Å². The number of likely N-dealkylation sites (tertiary alicyclic amines) is 1. The molecule has 0 amide bonds. The van der Waals surface area contributed by atoms with Crippen molar-refractivity contribution in [2.45, 2.75) is 63.8 Å². The third-order valence-corrected chi connectivity index (χ3v) is 10.5. The van der Waals surface area contributed by atoms with Crippen LogP contribution in [0.2, 0.25) is 0 Å². The van der Waals surface area contributed by atoms with E-state index in [9.17, 15) is 0 Å². The first-order chi connectivity index (χ1) is 19.0. The number of nitrogens with zero attached hydrogens (tertiary/aromatic N) is 5. The number of fused-ring (bicyclic) bond motifs is 5. The van der Waals surface area contributed by atoms with Crippen molar-refractivity contribution in [1.82, 2.24) is 24.8 Å². The van der Waals surface area contributed by atoms with Crippen molar-refractivity contribution in [1.29, 1.82) is 0 Å². The maximum atomic E-state index is 6.81. The molecular weight excluding hydrogens is 503 g/mol. The number of hydrogen-bond acceptors (Lipinski definition) is 6. The van der Waals surface area contributed by atoms with Gasteiger partial charge in [0.05, 0.1) is 22.5 Å². The summed E-state index contributed by atoms with van der Waals surface area (Å²) in [5.74, 6) is 2.42. The second kappa shape index (κ2) is 8.89. The van der Waals surface area contributed by atoms with Crippen LogP contribution in [0.5, 0.6) is 5.88 Å². The van der Waals surface area contributed by atoms with Gasteiger partial charge >= 0.3 is 0 Å². The minimum absolute atomic E-state index is 0.0654. The van der Waals surface area contributed by atoms with E-state index in [2.05, 4.69) is 86.3 Å². The van der Waals surface area contributed by atoms with Crippen LogP contribution in [0.15, 0.2) is 36.5 Å². The van der Waals surface area contributed by atoms with Crippen LogP contribution in [0.1, 0.15) is 43.5 Å². The third kappa shape index (κ3) is 3.52. The van der Waals surface area contributed by atoms with Crippen molar-refractivity contribution in [2.24, 2.45) is 5.92 Å². The van der Waals surface area contributed by atoms with Crippen molar-refractivity contribution >= 4 is 47.9 Å². The lowest BCUT2D eigenvalue weighted by Gasteiger charge is -2.37. The molecule has 1 N–H and O–H groups in total. The number of benzene rings is 1. The van der Waals surface area contributed by atoms with Crippen LogP contribution in [0.25, 0.3) is 21.8 Å². The molecule has 5 unspecified atom stereocenters. The van der Waals surface area contributed by atoms with Gasteiger partial charge in [0.25, 0.3) is 0 Å². The predicted octanol–water partition coefficient (Wildman–Crippen LogP) is 4.48. The van der Waals surface area contributed by atoms with Crippen LogP contribution in [0, 0.1) is 12.8 Å². The molecule has 0 radical (unpaired) electrons. The summed E-state index contributed by atoms with van der Waals surface area (Å²) in [5.41, 5.74) is 6.11. The Balaban J connectivity index is 1.32. The molecule has 1 saturated carbocycles. The van der Waals surface area contributed by atoms with Crippen LogP contribution < -0.4 is 20.3 Å². The number of rotatable bonds is 5. The lowest BCUT2D eigenvalue weighted by Crippen LogP contribution is -2.39. The van der Waals surface area contributed by atoms with E-state index in [1.165, 1.54) is 41.7 Å². The van der Waals surface area contributed by atoms with E-state index >= 15 is 0 Å². The average molecular weight is 541 g/mol. The maximum Gasteiger partial charge on any atom is 0.223 e. The average Bonchev–Trinajstić information content (AvgIpc) is 3.74. The first kappa shape index (κ1) is 24.1. The van der Waals surface area contributed by atoms with Crippen molar-refractivity contribution in [3.8, 4) is 5.88 Å². The number of anilines is 2. The minimum atomic E-state index is 0.0654. The highest BCUT2D eigenvalue weighted by molar-refractivity contribution is 7.29. The molecular formula is C31H37N6OP. The van der Waals surface area contributed by atoms with E-state index < -0.39 is 0 Å². The summed E-state index contributed by atoms with van der Waals surface area (Å²) in [4.78, 5) is 15.2. The van der Waals surface area contributed by atoms with E-state index in [1.54, 1.807) is 0 Å². The van der Waals surface area contributed by atoms with Crippen molar-refractivity contribution < 1.29 is 4.74 Å². The zero-order valence-corrected chi connectivity index (χ0v) is 24.2. The van der Waals surface area contributed by atoms with Crippen LogP contribution in [0.4, 0.5) is 11.5 Å². The lowest BCUT2D eigenvalue weighted by atomic mass is 9.79. The van der Waals surface area contributed by atoms with Gasteiger partial charge < -0.3 is 19.5 Å². The Morgan fingerprint density at radius 3 is 2.82 bits per heavy atom. The normalized spacial score (nSPS) is 26.9. The fraction of sp³-hybridized carbons (Fsp3) is 0.484. The third-order valence-electron chi connectivity index (χ3n) is 9.95. The van der Waals surface area contributed by atoms with Gasteiger partial charge in [-0.3, -0.25) is 4.90 Å². The first-order valence-electron chi connectivity index (χ1n) is 14.5. The molecule has 4 fully saturated rings. The molecule has 3 aromatic heterocycles.